The Morgan fingerprint density at radius 1 is 0.897 bits per heavy atom. The Bertz CT molecular complexity index is 1050. The lowest BCUT2D eigenvalue weighted by atomic mass is 10.1. The van der Waals surface area contributed by atoms with Gasteiger partial charge in [-0.1, -0.05) is 24.3 Å². The van der Waals surface area contributed by atoms with E-state index in [1.54, 1.807) is 30.3 Å². The van der Waals surface area contributed by atoms with Crippen molar-refractivity contribution < 1.29 is 18.7 Å². The fourth-order valence-electron chi connectivity index (χ4n) is 2.71. The predicted molar refractivity (Wildman–Crippen MR) is 111 cm³/mol. The average molecular weight is 392 g/mol. The van der Waals surface area contributed by atoms with Gasteiger partial charge in [0.05, 0.1) is 0 Å². The first-order chi connectivity index (χ1) is 13.9. The molecule has 0 atom stereocenters. The van der Waals surface area contributed by atoms with E-state index in [4.69, 9.17) is 4.74 Å². The standard InChI is InChI=1S/C23H21FN2O3/c1-15-9-10-16(2)21(11-15)29-14-22(27)25-19-7-3-5-17(12-19)23(28)26-20-8-4-6-18(24)13-20/h3-13H,14H2,1-2H3,(H,25,27)(H,26,28). The molecule has 6 heteroatoms. The van der Waals surface area contributed by atoms with Gasteiger partial charge in [0.1, 0.15) is 11.6 Å². The molecule has 0 bridgehead atoms. The number of benzene rings is 3. The maximum Gasteiger partial charge on any atom is 0.262 e. The van der Waals surface area contributed by atoms with E-state index in [9.17, 15) is 14.0 Å². The minimum atomic E-state index is -0.437. The fraction of sp³-hybridized carbons (Fsp3) is 0.130. The number of anilines is 2. The molecule has 0 fully saturated rings. The molecule has 0 aliphatic heterocycles. The third-order valence-electron chi connectivity index (χ3n) is 4.19. The van der Waals surface area contributed by atoms with Crippen LogP contribution in [0.2, 0.25) is 0 Å². The van der Waals surface area contributed by atoms with Gasteiger partial charge in [0.15, 0.2) is 6.61 Å². The van der Waals surface area contributed by atoms with Crippen molar-refractivity contribution in [3.63, 3.8) is 0 Å². The topological polar surface area (TPSA) is 67.4 Å². The lowest BCUT2D eigenvalue weighted by Gasteiger charge is -2.11. The van der Waals surface area contributed by atoms with Crippen molar-refractivity contribution in [1.29, 1.82) is 0 Å². The van der Waals surface area contributed by atoms with Gasteiger partial charge in [-0.2, -0.15) is 0 Å². The van der Waals surface area contributed by atoms with Crippen molar-refractivity contribution in [3.8, 4) is 5.75 Å². The molecule has 3 aromatic carbocycles. The van der Waals surface area contributed by atoms with Gasteiger partial charge in [-0.25, -0.2) is 4.39 Å². The lowest BCUT2D eigenvalue weighted by molar-refractivity contribution is -0.118. The summed E-state index contributed by atoms with van der Waals surface area (Å²) in [6.07, 6.45) is 0. The van der Waals surface area contributed by atoms with Crippen LogP contribution in [0.15, 0.2) is 66.7 Å². The second-order valence-electron chi connectivity index (χ2n) is 6.65. The highest BCUT2D eigenvalue weighted by Gasteiger charge is 2.10. The lowest BCUT2D eigenvalue weighted by Crippen LogP contribution is -2.21. The molecule has 0 aromatic heterocycles. The maximum absolute atomic E-state index is 13.3. The molecule has 0 aliphatic carbocycles. The van der Waals surface area contributed by atoms with Gasteiger partial charge in [0.2, 0.25) is 0 Å². The normalized spacial score (nSPS) is 10.3. The quantitative estimate of drug-likeness (QED) is 0.638. The van der Waals surface area contributed by atoms with Crippen LogP contribution in [0.3, 0.4) is 0 Å². The largest absolute Gasteiger partial charge is 0.483 e. The molecule has 2 N–H and O–H groups in total. The van der Waals surface area contributed by atoms with E-state index in [1.807, 2.05) is 32.0 Å². The van der Waals surface area contributed by atoms with E-state index >= 15 is 0 Å². The molecule has 3 rings (SSSR count). The van der Waals surface area contributed by atoms with E-state index in [2.05, 4.69) is 10.6 Å². The highest BCUT2D eigenvalue weighted by molar-refractivity contribution is 6.05. The van der Waals surface area contributed by atoms with Gasteiger partial charge in [0, 0.05) is 16.9 Å². The van der Waals surface area contributed by atoms with Crippen LogP contribution in [-0.2, 0) is 4.79 Å². The molecule has 148 valence electrons. The van der Waals surface area contributed by atoms with Gasteiger partial charge in [-0.3, -0.25) is 9.59 Å². The zero-order chi connectivity index (χ0) is 20.8. The van der Waals surface area contributed by atoms with E-state index in [1.165, 1.54) is 18.2 Å². The number of rotatable bonds is 6. The molecule has 0 heterocycles. The van der Waals surface area contributed by atoms with Crippen LogP contribution in [0.1, 0.15) is 21.5 Å². The van der Waals surface area contributed by atoms with E-state index in [-0.39, 0.29) is 12.5 Å². The molecular weight excluding hydrogens is 371 g/mol. The second-order valence-corrected chi connectivity index (χ2v) is 6.65. The summed E-state index contributed by atoms with van der Waals surface area (Å²) in [5, 5.41) is 5.33. The molecule has 0 aliphatic rings. The number of amides is 2. The maximum atomic E-state index is 13.3. The van der Waals surface area contributed by atoms with E-state index in [0.29, 0.717) is 22.7 Å². The van der Waals surface area contributed by atoms with Crippen LogP contribution in [0.5, 0.6) is 5.75 Å². The van der Waals surface area contributed by atoms with E-state index in [0.717, 1.165) is 11.1 Å². The first-order valence-electron chi connectivity index (χ1n) is 9.07. The van der Waals surface area contributed by atoms with Crippen molar-refractivity contribution in [2.24, 2.45) is 0 Å². The smallest absolute Gasteiger partial charge is 0.262 e. The number of ether oxygens (including phenoxy) is 1. The average Bonchev–Trinajstić information content (AvgIpc) is 2.69. The number of hydrogen-bond acceptors (Lipinski definition) is 3. The van der Waals surface area contributed by atoms with Crippen LogP contribution in [0.25, 0.3) is 0 Å². The Morgan fingerprint density at radius 2 is 1.62 bits per heavy atom. The van der Waals surface area contributed by atoms with Crippen molar-refractivity contribution in [2.45, 2.75) is 13.8 Å². The Morgan fingerprint density at radius 3 is 2.38 bits per heavy atom. The molecule has 29 heavy (non-hydrogen) atoms. The molecule has 2 amide bonds. The van der Waals surface area contributed by atoms with Gasteiger partial charge >= 0.3 is 0 Å². The first-order valence-corrected chi connectivity index (χ1v) is 9.07. The van der Waals surface area contributed by atoms with Crippen LogP contribution in [-0.4, -0.2) is 18.4 Å². The number of aryl methyl sites for hydroxylation is 2. The van der Waals surface area contributed by atoms with Crippen molar-refractivity contribution >= 4 is 23.2 Å². The highest BCUT2D eigenvalue weighted by Crippen LogP contribution is 2.19. The molecule has 0 spiro atoms. The molecule has 5 nitrogen and oxygen atoms in total. The Labute approximate surface area is 168 Å². The SMILES string of the molecule is Cc1ccc(C)c(OCC(=O)Nc2cccc(C(=O)Nc3cccc(F)c3)c2)c1. The zero-order valence-corrected chi connectivity index (χ0v) is 16.2. The Hall–Kier alpha value is -3.67. The van der Waals surface area contributed by atoms with Crippen LogP contribution < -0.4 is 15.4 Å². The van der Waals surface area contributed by atoms with Crippen LogP contribution in [0.4, 0.5) is 15.8 Å². The highest BCUT2D eigenvalue weighted by atomic mass is 19.1. The first kappa shape index (κ1) is 20.1. The van der Waals surface area contributed by atoms with Crippen LogP contribution in [0, 0.1) is 19.7 Å². The monoisotopic (exact) mass is 392 g/mol. The van der Waals surface area contributed by atoms with Crippen molar-refractivity contribution in [1.82, 2.24) is 0 Å². The van der Waals surface area contributed by atoms with Crippen LogP contribution >= 0.6 is 0 Å². The summed E-state index contributed by atoms with van der Waals surface area (Å²) in [6, 6.07) is 17.9. The zero-order valence-electron chi connectivity index (χ0n) is 16.2. The molecule has 0 unspecified atom stereocenters. The van der Waals surface area contributed by atoms with Gasteiger partial charge in [0.25, 0.3) is 11.8 Å². The second kappa shape index (κ2) is 9.01. The van der Waals surface area contributed by atoms with Gasteiger partial charge < -0.3 is 15.4 Å². The predicted octanol–water partition coefficient (Wildman–Crippen LogP) is 4.71. The molecule has 0 saturated carbocycles. The summed E-state index contributed by atoms with van der Waals surface area (Å²) >= 11 is 0. The number of nitrogens with one attached hydrogen (secondary N) is 2. The minimum Gasteiger partial charge on any atom is -0.483 e. The summed E-state index contributed by atoms with van der Waals surface area (Å²) in [6.45, 7) is 3.71. The summed E-state index contributed by atoms with van der Waals surface area (Å²) in [5.41, 5.74) is 3.14. The number of carbonyl (C=O) groups is 2. The van der Waals surface area contributed by atoms with Gasteiger partial charge in [-0.15, -0.1) is 0 Å². The number of hydrogen-bond donors (Lipinski definition) is 2. The third kappa shape index (κ3) is 5.65. The number of carbonyl (C=O) groups excluding carboxylic acids is 2. The molecule has 0 radical (unpaired) electrons. The molecular formula is C23H21FN2O3. The molecule has 3 aromatic rings. The summed E-state index contributed by atoms with van der Waals surface area (Å²) < 4.78 is 18.9. The Balaban J connectivity index is 1.61. The van der Waals surface area contributed by atoms with E-state index < -0.39 is 11.7 Å². The fourth-order valence-corrected chi connectivity index (χ4v) is 2.71. The Kier molecular flexibility index (Phi) is 6.24. The summed E-state index contributed by atoms with van der Waals surface area (Å²) in [7, 11) is 0. The minimum absolute atomic E-state index is 0.149. The summed E-state index contributed by atoms with van der Waals surface area (Å²) in [4.78, 5) is 24.6. The number of halogens is 1. The molecule has 0 saturated heterocycles. The van der Waals surface area contributed by atoms with Crippen molar-refractivity contribution in [2.75, 3.05) is 17.2 Å². The summed E-state index contributed by atoms with van der Waals surface area (Å²) in [5.74, 6) is -0.525. The third-order valence-corrected chi connectivity index (χ3v) is 4.19. The van der Waals surface area contributed by atoms with Gasteiger partial charge in [-0.05, 0) is 67.4 Å². The van der Waals surface area contributed by atoms with Crippen molar-refractivity contribution in [3.05, 3.63) is 89.2 Å².